The van der Waals surface area contributed by atoms with Gasteiger partial charge in [-0.25, -0.2) is 4.42 Å². The van der Waals surface area contributed by atoms with Gasteiger partial charge in [-0.15, -0.1) is 0 Å². The highest BCUT2D eigenvalue weighted by Crippen LogP contribution is 2.25. The molecule has 4 atom stereocenters. The van der Waals surface area contributed by atoms with Crippen LogP contribution in [0.5, 0.6) is 0 Å². The molecule has 0 spiro atoms. The predicted molar refractivity (Wildman–Crippen MR) is 83.1 cm³/mol. The van der Waals surface area contributed by atoms with Gasteiger partial charge in [0.05, 0.1) is 12.0 Å². The van der Waals surface area contributed by atoms with Gasteiger partial charge in [0.25, 0.3) is 0 Å². The molecule has 3 amide bonds. The first-order chi connectivity index (χ1) is 10.8. The first kappa shape index (κ1) is 18.0. The summed E-state index contributed by atoms with van der Waals surface area (Å²) in [5.74, 6) is -1.55. The SMILES string of the molecule is C[C@@H](O)[C@H](NC(=O)[C@@H]1CCCN1C(=O)[C@H]1CCN(Cl)C1)C(N)=O. The van der Waals surface area contributed by atoms with Crippen LogP contribution in [0.4, 0.5) is 0 Å². The maximum Gasteiger partial charge on any atom is 0.243 e. The minimum atomic E-state index is -1.16. The molecule has 2 heterocycles. The van der Waals surface area contributed by atoms with E-state index in [1.807, 2.05) is 0 Å². The van der Waals surface area contributed by atoms with Crippen molar-refractivity contribution in [3.8, 4) is 0 Å². The Hall–Kier alpha value is -1.38. The van der Waals surface area contributed by atoms with Crippen LogP contribution < -0.4 is 11.1 Å². The highest BCUT2D eigenvalue weighted by Gasteiger charge is 2.40. The third-order valence-electron chi connectivity index (χ3n) is 4.41. The minimum Gasteiger partial charge on any atom is -0.391 e. The molecule has 2 fully saturated rings. The van der Waals surface area contributed by atoms with Crippen molar-refractivity contribution in [2.45, 2.75) is 44.4 Å². The number of nitrogens with two attached hydrogens (primary N) is 1. The zero-order chi connectivity index (χ0) is 17.1. The Labute approximate surface area is 140 Å². The fourth-order valence-corrected chi connectivity index (χ4v) is 3.40. The Balaban J connectivity index is 2.01. The first-order valence-corrected chi connectivity index (χ1v) is 8.14. The van der Waals surface area contributed by atoms with Gasteiger partial charge in [-0.3, -0.25) is 14.4 Å². The van der Waals surface area contributed by atoms with Crippen LogP contribution in [0.3, 0.4) is 0 Å². The summed E-state index contributed by atoms with van der Waals surface area (Å²) < 4.78 is 1.57. The summed E-state index contributed by atoms with van der Waals surface area (Å²) in [6.07, 6.45) is 0.823. The predicted octanol–water partition coefficient (Wildman–Crippen LogP) is -1.20. The average Bonchev–Trinajstić information content (AvgIpc) is 3.11. The molecule has 0 aromatic rings. The molecule has 9 heteroatoms. The molecule has 2 saturated heterocycles. The lowest BCUT2D eigenvalue weighted by Crippen LogP contribution is -2.56. The number of carbonyl (C=O) groups is 3. The molecule has 0 bridgehead atoms. The summed E-state index contributed by atoms with van der Waals surface area (Å²) in [7, 11) is 0. The molecule has 23 heavy (non-hydrogen) atoms. The number of nitrogens with one attached hydrogen (secondary N) is 1. The molecule has 130 valence electrons. The number of hydrogen-bond donors (Lipinski definition) is 3. The number of amides is 3. The van der Waals surface area contributed by atoms with E-state index in [0.29, 0.717) is 32.5 Å². The van der Waals surface area contributed by atoms with Gasteiger partial charge >= 0.3 is 0 Å². The summed E-state index contributed by atoms with van der Waals surface area (Å²) in [6.45, 7) is 3.00. The minimum absolute atomic E-state index is 0.0847. The van der Waals surface area contributed by atoms with Gasteiger partial charge in [0.15, 0.2) is 0 Å². The van der Waals surface area contributed by atoms with Crippen LogP contribution >= 0.6 is 11.8 Å². The number of aliphatic hydroxyl groups excluding tert-OH is 1. The van der Waals surface area contributed by atoms with Crippen molar-refractivity contribution in [3.05, 3.63) is 0 Å². The van der Waals surface area contributed by atoms with Crippen LogP contribution in [0.15, 0.2) is 0 Å². The van der Waals surface area contributed by atoms with Crippen LogP contribution in [0, 0.1) is 5.92 Å². The maximum absolute atomic E-state index is 12.6. The quantitative estimate of drug-likeness (QED) is 0.541. The van der Waals surface area contributed by atoms with Gasteiger partial charge in [0, 0.05) is 19.6 Å². The van der Waals surface area contributed by atoms with E-state index in [-0.39, 0.29) is 11.8 Å². The van der Waals surface area contributed by atoms with Crippen molar-refractivity contribution in [1.29, 1.82) is 0 Å². The summed E-state index contributed by atoms with van der Waals surface area (Å²) >= 11 is 5.90. The number of primary amides is 1. The summed E-state index contributed by atoms with van der Waals surface area (Å²) in [4.78, 5) is 37.8. The van der Waals surface area contributed by atoms with E-state index in [4.69, 9.17) is 17.5 Å². The van der Waals surface area contributed by atoms with Crippen molar-refractivity contribution in [2.24, 2.45) is 11.7 Å². The highest BCUT2D eigenvalue weighted by atomic mass is 35.5. The zero-order valence-corrected chi connectivity index (χ0v) is 13.8. The van der Waals surface area contributed by atoms with Crippen molar-refractivity contribution in [2.75, 3.05) is 19.6 Å². The molecule has 2 aliphatic rings. The van der Waals surface area contributed by atoms with E-state index in [2.05, 4.69) is 5.32 Å². The van der Waals surface area contributed by atoms with Crippen molar-refractivity contribution in [3.63, 3.8) is 0 Å². The lowest BCUT2D eigenvalue weighted by molar-refractivity contribution is -0.142. The van der Waals surface area contributed by atoms with E-state index < -0.39 is 30.0 Å². The van der Waals surface area contributed by atoms with E-state index in [1.165, 1.54) is 6.92 Å². The molecular formula is C14H23ClN4O4. The van der Waals surface area contributed by atoms with Gasteiger partial charge in [0.2, 0.25) is 17.7 Å². The Morgan fingerprint density at radius 2 is 2.00 bits per heavy atom. The molecule has 4 N–H and O–H groups in total. The number of aliphatic hydroxyl groups is 1. The van der Waals surface area contributed by atoms with E-state index in [1.54, 1.807) is 9.32 Å². The Morgan fingerprint density at radius 1 is 1.30 bits per heavy atom. The number of carbonyl (C=O) groups excluding carboxylic acids is 3. The van der Waals surface area contributed by atoms with Gasteiger partial charge in [-0.05, 0) is 38.0 Å². The standard InChI is InChI=1S/C14H23ClN4O4/c1-8(20)11(12(16)21)17-13(22)10-3-2-5-19(10)14(23)9-4-6-18(15)7-9/h8-11,20H,2-7H2,1H3,(H2,16,21)(H,17,22)/t8-,9+,10+,11+/m1/s1. The van der Waals surface area contributed by atoms with Gasteiger partial charge < -0.3 is 21.1 Å². The maximum atomic E-state index is 12.6. The van der Waals surface area contributed by atoms with Crippen molar-refractivity contribution >= 4 is 29.5 Å². The second-order valence-corrected chi connectivity index (χ2v) is 6.65. The van der Waals surface area contributed by atoms with Crippen molar-refractivity contribution in [1.82, 2.24) is 14.6 Å². The smallest absolute Gasteiger partial charge is 0.243 e. The normalized spacial score (nSPS) is 27.7. The summed E-state index contributed by atoms with van der Waals surface area (Å²) in [5, 5.41) is 12.0. The molecule has 0 saturated carbocycles. The van der Waals surface area contributed by atoms with E-state index in [9.17, 15) is 19.5 Å². The number of hydrogen-bond acceptors (Lipinski definition) is 5. The molecule has 2 aliphatic heterocycles. The van der Waals surface area contributed by atoms with Crippen LogP contribution in [0.2, 0.25) is 0 Å². The largest absolute Gasteiger partial charge is 0.391 e. The van der Waals surface area contributed by atoms with Crippen molar-refractivity contribution < 1.29 is 19.5 Å². The molecule has 0 aromatic carbocycles. The van der Waals surface area contributed by atoms with Crippen LogP contribution in [0.1, 0.15) is 26.2 Å². The Kier molecular flexibility index (Phi) is 5.83. The number of halogens is 1. The number of likely N-dealkylation sites (tertiary alicyclic amines) is 1. The van der Waals surface area contributed by atoms with E-state index >= 15 is 0 Å². The van der Waals surface area contributed by atoms with Crippen LogP contribution in [-0.4, -0.2) is 70.0 Å². The molecule has 0 radical (unpaired) electrons. The first-order valence-electron chi connectivity index (χ1n) is 7.80. The average molecular weight is 347 g/mol. The van der Waals surface area contributed by atoms with Gasteiger partial charge in [0.1, 0.15) is 12.1 Å². The van der Waals surface area contributed by atoms with E-state index in [0.717, 1.165) is 6.42 Å². The third kappa shape index (κ3) is 4.13. The second kappa shape index (κ2) is 7.46. The number of rotatable bonds is 5. The Bertz CT molecular complexity index is 487. The van der Waals surface area contributed by atoms with Gasteiger partial charge in [-0.1, -0.05) is 0 Å². The second-order valence-electron chi connectivity index (χ2n) is 6.17. The topological polar surface area (TPSA) is 116 Å². The summed E-state index contributed by atoms with van der Waals surface area (Å²) in [5.41, 5.74) is 5.18. The molecular weight excluding hydrogens is 324 g/mol. The monoisotopic (exact) mass is 346 g/mol. The molecule has 8 nitrogen and oxygen atoms in total. The molecule has 0 aliphatic carbocycles. The highest BCUT2D eigenvalue weighted by molar-refractivity contribution is 6.13. The molecule has 0 aromatic heterocycles. The Morgan fingerprint density at radius 3 is 2.52 bits per heavy atom. The zero-order valence-electron chi connectivity index (χ0n) is 13.1. The lowest BCUT2D eigenvalue weighted by Gasteiger charge is -2.28. The fourth-order valence-electron chi connectivity index (χ4n) is 3.14. The fraction of sp³-hybridized carbons (Fsp3) is 0.786. The molecule has 2 rings (SSSR count). The summed E-state index contributed by atoms with van der Waals surface area (Å²) in [6, 6.07) is -1.79. The van der Waals surface area contributed by atoms with Crippen LogP contribution in [-0.2, 0) is 14.4 Å². The molecule has 0 unspecified atom stereocenters. The third-order valence-corrected chi connectivity index (χ3v) is 4.72. The number of nitrogens with zero attached hydrogens (tertiary/aromatic N) is 2. The van der Waals surface area contributed by atoms with Gasteiger partial charge in [-0.2, -0.15) is 0 Å². The van der Waals surface area contributed by atoms with Crippen LogP contribution in [0.25, 0.3) is 0 Å². The lowest BCUT2D eigenvalue weighted by atomic mass is 10.1.